The Balaban J connectivity index is 1.83. The van der Waals surface area contributed by atoms with Gasteiger partial charge in [-0.05, 0) is 71.4 Å². The van der Waals surface area contributed by atoms with Crippen LogP contribution in [-0.2, 0) is 11.2 Å². The minimum Gasteiger partial charge on any atom is -0.411 e. The number of benzene rings is 1. The molecule has 4 nitrogen and oxygen atoms in total. The van der Waals surface area contributed by atoms with Crippen LogP contribution in [0, 0.1) is 0 Å². The number of hydrogen-bond donors (Lipinski definition) is 1. The van der Waals surface area contributed by atoms with Gasteiger partial charge in [0.05, 0.1) is 5.71 Å². The van der Waals surface area contributed by atoms with Crippen LogP contribution in [0.2, 0.25) is 0 Å². The Morgan fingerprint density at radius 1 is 1.12 bits per heavy atom. The Bertz CT molecular complexity index is 953. The van der Waals surface area contributed by atoms with Crippen molar-refractivity contribution in [1.29, 1.82) is 0 Å². The predicted octanol–water partition coefficient (Wildman–Crippen LogP) is 4.04. The second-order valence-electron chi connectivity index (χ2n) is 6.45. The third-order valence-corrected chi connectivity index (χ3v) is 4.97. The molecule has 0 fully saturated rings. The van der Waals surface area contributed by atoms with E-state index in [1.807, 2.05) is 30.3 Å². The Morgan fingerprint density at radius 2 is 1.92 bits per heavy atom. The van der Waals surface area contributed by atoms with Crippen LogP contribution < -0.4 is 0 Å². The summed E-state index contributed by atoms with van der Waals surface area (Å²) in [5, 5.41) is 12.5. The van der Waals surface area contributed by atoms with Crippen LogP contribution >= 0.6 is 0 Å². The highest BCUT2D eigenvalue weighted by molar-refractivity contribution is 6.09. The molecule has 0 spiro atoms. The first-order valence-corrected chi connectivity index (χ1v) is 8.37. The molecule has 2 aromatic rings. The number of nitrogens with zero attached hydrogens (tertiary/aromatic N) is 2. The van der Waals surface area contributed by atoms with Gasteiger partial charge in [-0.2, -0.15) is 0 Å². The maximum atomic E-state index is 11.9. The van der Waals surface area contributed by atoms with Crippen molar-refractivity contribution in [3.05, 3.63) is 76.6 Å². The zero-order valence-corrected chi connectivity index (χ0v) is 14.0. The molecule has 0 radical (unpaired) electrons. The van der Waals surface area contributed by atoms with E-state index in [0.29, 0.717) is 6.42 Å². The third kappa shape index (κ3) is 2.70. The van der Waals surface area contributed by atoms with E-state index in [1.165, 1.54) is 5.56 Å². The topological polar surface area (TPSA) is 62.5 Å². The molecule has 0 atom stereocenters. The standard InChI is InChI=1S/C21H18N2O2/c1-13(24)17-11-19(14-6-8-22-9-7-14)20(12-17)16-2-4-18-15(10-16)3-5-21(18)23-25/h2,4,6-10,12,25H,3,5,11H2,1H3/b23-21+. The fraction of sp³-hybridized carbons (Fsp3) is 0.190. The molecular weight excluding hydrogens is 312 g/mol. The molecule has 1 heterocycles. The number of Topliss-reactive ketones (excluding diaryl/α,β-unsaturated/α-hetero) is 1. The molecule has 2 aliphatic rings. The molecule has 124 valence electrons. The second-order valence-corrected chi connectivity index (χ2v) is 6.45. The number of allylic oxidation sites excluding steroid dienone is 4. The molecule has 1 aromatic carbocycles. The molecule has 0 saturated carbocycles. The highest BCUT2D eigenvalue weighted by atomic mass is 16.4. The number of ketones is 1. The fourth-order valence-electron chi connectivity index (χ4n) is 3.63. The van der Waals surface area contributed by atoms with E-state index in [1.54, 1.807) is 19.3 Å². The molecule has 25 heavy (non-hydrogen) atoms. The fourth-order valence-corrected chi connectivity index (χ4v) is 3.63. The number of carbonyl (C=O) groups excluding carboxylic acids is 1. The summed E-state index contributed by atoms with van der Waals surface area (Å²) in [5.74, 6) is 0.109. The Labute approximate surface area is 146 Å². The minimum absolute atomic E-state index is 0.109. The third-order valence-electron chi connectivity index (χ3n) is 4.97. The van der Waals surface area contributed by atoms with Crippen LogP contribution in [0.3, 0.4) is 0 Å². The number of pyridine rings is 1. The predicted molar refractivity (Wildman–Crippen MR) is 97.5 cm³/mol. The van der Waals surface area contributed by atoms with Crippen molar-refractivity contribution >= 4 is 22.6 Å². The number of oxime groups is 1. The lowest BCUT2D eigenvalue weighted by molar-refractivity contribution is -0.113. The van der Waals surface area contributed by atoms with Crippen molar-refractivity contribution in [3.8, 4) is 0 Å². The summed E-state index contributed by atoms with van der Waals surface area (Å²) in [6.45, 7) is 1.62. The number of hydrogen-bond acceptors (Lipinski definition) is 4. The van der Waals surface area contributed by atoms with Crippen LogP contribution in [-0.4, -0.2) is 21.7 Å². The molecule has 1 aromatic heterocycles. The summed E-state index contributed by atoms with van der Waals surface area (Å²) in [5.41, 5.74) is 8.23. The molecule has 0 amide bonds. The second kappa shape index (κ2) is 6.13. The van der Waals surface area contributed by atoms with Gasteiger partial charge in [0.15, 0.2) is 5.78 Å². The summed E-state index contributed by atoms with van der Waals surface area (Å²) in [7, 11) is 0. The van der Waals surface area contributed by atoms with Gasteiger partial charge in [0.25, 0.3) is 0 Å². The molecule has 1 N–H and O–H groups in total. The summed E-state index contributed by atoms with van der Waals surface area (Å²) >= 11 is 0. The van der Waals surface area contributed by atoms with Gasteiger partial charge in [0, 0.05) is 24.4 Å². The highest BCUT2D eigenvalue weighted by Crippen LogP contribution is 2.40. The first-order valence-electron chi connectivity index (χ1n) is 8.37. The van der Waals surface area contributed by atoms with Crippen LogP contribution in [0.15, 0.2) is 59.5 Å². The van der Waals surface area contributed by atoms with E-state index in [4.69, 9.17) is 5.21 Å². The SMILES string of the molecule is CC(=O)C1=CC(c2ccc3c(c2)CC/C3=N\O)=C(c2ccncc2)C1. The Kier molecular flexibility index (Phi) is 3.80. The van der Waals surface area contributed by atoms with Crippen molar-refractivity contribution in [2.75, 3.05) is 0 Å². The number of aromatic nitrogens is 1. The lowest BCUT2D eigenvalue weighted by atomic mass is 9.95. The monoisotopic (exact) mass is 330 g/mol. The van der Waals surface area contributed by atoms with E-state index in [2.05, 4.69) is 16.2 Å². The van der Waals surface area contributed by atoms with Crippen molar-refractivity contribution in [1.82, 2.24) is 4.98 Å². The van der Waals surface area contributed by atoms with E-state index in [-0.39, 0.29) is 5.78 Å². The summed E-state index contributed by atoms with van der Waals surface area (Å²) in [6, 6.07) is 10.2. The summed E-state index contributed by atoms with van der Waals surface area (Å²) in [4.78, 5) is 16.0. The first kappa shape index (κ1) is 15.5. The van der Waals surface area contributed by atoms with E-state index in [0.717, 1.165) is 52.0 Å². The average molecular weight is 330 g/mol. The molecule has 0 bridgehead atoms. The molecule has 0 unspecified atom stereocenters. The van der Waals surface area contributed by atoms with Crippen molar-refractivity contribution in [2.24, 2.45) is 5.16 Å². The zero-order valence-electron chi connectivity index (χ0n) is 14.0. The zero-order chi connectivity index (χ0) is 17.4. The van der Waals surface area contributed by atoms with Gasteiger partial charge < -0.3 is 5.21 Å². The smallest absolute Gasteiger partial charge is 0.156 e. The molecule has 2 aliphatic carbocycles. The molecule has 4 rings (SSSR count). The van der Waals surface area contributed by atoms with Crippen molar-refractivity contribution in [2.45, 2.75) is 26.2 Å². The lowest BCUT2D eigenvalue weighted by Crippen LogP contribution is -1.95. The van der Waals surface area contributed by atoms with Gasteiger partial charge >= 0.3 is 0 Å². The van der Waals surface area contributed by atoms with E-state index < -0.39 is 0 Å². The quantitative estimate of drug-likeness (QED) is 0.682. The normalized spacial score (nSPS) is 17.8. The summed E-state index contributed by atoms with van der Waals surface area (Å²) < 4.78 is 0. The number of rotatable bonds is 3. The first-order chi connectivity index (χ1) is 12.2. The van der Waals surface area contributed by atoms with Gasteiger partial charge in [-0.15, -0.1) is 0 Å². The highest BCUT2D eigenvalue weighted by Gasteiger charge is 2.23. The molecular formula is C21H18N2O2. The number of aryl methyl sites for hydroxylation is 1. The van der Waals surface area contributed by atoms with Gasteiger partial charge in [-0.1, -0.05) is 23.4 Å². The largest absolute Gasteiger partial charge is 0.411 e. The maximum absolute atomic E-state index is 11.9. The molecule has 0 saturated heterocycles. The Morgan fingerprint density at radius 3 is 2.64 bits per heavy atom. The molecule has 4 heteroatoms. The van der Waals surface area contributed by atoms with Gasteiger partial charge in [-0.25, -0.2) is 0 Å². The minimum atomic E-state index is 0.109. The van der Waals surface area contributed by atoms with Gasteiger partial charge in [0.2, 0.25) is 0 Å². The number of carbonyl (C=O) groups is 1. The van der Waals surface area contributed by atoms with E-state index >= 15 is 0 Å². The Hall–Kier alpha value is -3.01. The van der Waals surface area contributed by atoms with Crippen LogP contribution in [0.5, 0.6) is 0 Å². The molecule has 0 aliphatic heterocycles. The maximum Gasteiger partial charge on any atom is 0.156 e. The van der Waals surface area contributed by atoms with Crippen molar-refractivity contribution in [3.63, 3.8) is 0 Å². The van der Waals surface area contributed by atoms with Crippen LogP contribution in [0.25, 0.3) is 11.1 Å². The van der Waals surface area contributed by atoms with Crippen molar-refractivity contribution < 1.29 is 10.0 Å². The van der Waals surface area contributed by atoms with Crippen LogP contribution in [0.1, 0.15) is 42.0 Å². The lowest BCUT2D eigenvalue weighted by Gasteiger charge is -2.10. The van der Waals surface area contributed by atoms with E-state index in [9.17, 15) is 4.79 Å². The number of fused-ring (bicyclic) bond motifs is 1. The van der Waals surface area contributed by atoms with Gasteiger partial charge in [0.1, 0.15) is 0 Å². The average Bonchev–Trinajstić information content (AvgIpc) is 3.26. The summed E-state index contributed by atoms with van der Waals surface area (Å²) in [6.07, 6.45) is 7.85. The van der Waals surface area contributed by atoms with Crippen LogP contribution in [0.4, 0.5) is 0 Å². The van der Waals surface area contributed by atoms with Gasteiger partial charge in [-0.3, -0.25) is 9.78 Å².